The van der Waals surface area contributed by atoms with Crippen molar-refractivity contribution in [3.63, 3.8) is 0 Å². The summed E-state index contributed by atoms with van der Waals surface area (Å²) in [5.41, 5.74) is 5.47. The predicted molar refractivity (Wildman–Crippen MR) is 58.9 cm³/mol. The van der Waals surface area contributed by atoms with Crippen LogP contribution in [-0.2, 0) is 13.6 Å². The third-order valence-electron chi connectivity index (χ3n) is 2.14. The minimum atomic E-state index is -0.422. The zero-order valence-corrected chi connectivity index (χ0v) is 9.27. The molecule has 0 atom stereocenters. The van der Waals surface area contributed by atoms with Crippen LogP contribution in [0.4, 0.5) is 5.00 Å². The summed E-state index contributed by atoms with van der Waals surface area (Å²) in [6.45, 7) is 0.289. The molecule has 0 amide bonds. The first-order chi connectivity index (χ1) is 7.63. The van der Waals surface area contributed by atoms with Crippen LogP contribution in [0.2, 0.25) is 0 Å². The van der Waals surface area contributed by atoms with Gasteiger partial charge in [-0.1, -0.05) is 11.3 Å². The lowest BCUT2D eigenvalue weighted by molar-refractivity contribution is -0.380. The molecule has 16 heavy (non-hydrogen) atoms. The summed E-state index contributed by atoms with van der Waals surface area (Å²) in [4.78, 5) is 10.8. The van der Waals surface area contributed by atoms with Crippen molar-refractivity contribution in [2.75, 3.05) is 0 Å². The van der Waals surface area contributed by atoms with E-state index in [9.17, 15) is 10.1 Å². The fourth-order valence-corrected chi connectivity index (χ4v) is 2.14. The van der Waals surface area contributed by atoms with E-state index >= 15 is 0 Å². The standard InChI is InChI=1S/C8H9N5O2S/c1-12-6(4-9)10-11-8(12)5-2-3-7(16-5)13(14)15/h2-3H,4,9H2,1H3. The number of hydrogen-bond acceptors (Lipinski definition) is 6. The monoisotopic (exact) mass is 239 g/mol. The van der Waals surface area contributed by atoms with E-state index < -0.39 is 4.92 Å². The molecule has 0 saturated carbocycles. The molecular formula is C8H9N5O2S. The van der Waals surface area contributed by atoms with Crippen molar-refractivity contribution < 1.29 is 4.92 Å². The highest BCUT2D eigenvalue weighted by Gasteiger charge is 2.15. The van der Waals surface area contributed by atoms with Gasteiger partial charge < -0.3 is 10.3 Å². The lowest BCUT2D eigenvalue weighted by atomic mass is 10.4. The van der Waals surface area contributed by atoms with Crippen molar-refractivity contribution in [3.8, 4) is 10.7 Å². The highest BCUT2D eigenvalue weighted by Crippen LogP contribution is 2.31. The van der Waals surface area contributed by atoms with E-state index in [1.807, 2.05) is 0 Å². The van der Waals surface area contributed by atoms with E-state index in [1.54, 1.807) is 17.7 Å². The molecule has 0 unspecified atom stereocenters. The molecule has 0 aromatic carbocycles. The smallest absolute Gasteiger partial charge is 0.324 e. The van der Waals surface area contributed by atoms with Crippen molar-refractivity contribution in [1.29, 1.82) is 0 Å². The van der Waals surface area contributed by atoms with Crippen molar-refractivity contribution in [3.05, 3.63) is 28.1 Å². The topological polar surface area (TPSA) is 99.9 Å². The van der Waals surface area contributed by atoms with Crippen molar-refractivity contribution >= 4 is 16.3 Å². The van der Waals surface area contributed by atoms with Crippen LogP contribution in [0.1, 0.15) is 5.82 Å². The second kappa shape index (κ2) is 3.99. The zero-order valence-electron chi connectivity index (χ0n) is 8.45. The lowest BCUT2D eigenvalue weighted by Gasteiger charge is -1.98. The van der Waals surface area contributed by atoms with E-state index in [4.69, 9.17) is 5.73 Å². The molecule has 7 nitrogen and oxygen atoms in total. The Morgan fingerprint density at radius 1 is 1.56 bits per heavy atom. The van der Waals surface area contributed by atoms with Gasteiger partial charge in [-0.05, 0) is 6.07 Å². The van der Waals surface area contributed by atoms with Gasteiger partial charge in [0.15, 0.2) is 5.82 Å². The highest BCUT2D eigenvalue weighted by atomic mass is 32.1. The number of nitrogens with zero attached hydrogens (tertiary/aromatic N) is 4. The van der Waals surface area contributed by atoms with Crippen molar-refractivity contribution in [2.24, 2.45) is 12.8 Å². The number of rotatable bonds is 3. The molecule has 2 rings (SSSR count). The normalized spacial score (nSPS) is 10.6. The van der Waals surface area contributed by atoms with Gasteiger partial charge >= 0.3 is 5.00 Å². The molecule has 0 bridgehead atoms. The maximum Gasteiger partial charge on any atom is 0.324 e. The molecule has 2 aromatic heterocycles. The van der Waals surface area contributed by atoms with Gasteiger partial charge in [-0.3, -0.25) is 10.1 Å². The Balaban J connectivity index is 2.42. The van der Waals surface area contributed by atoms with Crippen LogP contribution in [0.25, 0.3) is 10.7 Å². The molecule has 0 saturated heterocycles. The number of aromatic nitrogens is 3. The number of nitro groups is 1. The molecule has 2 aromatic rings. The summed E-state index contributed by atoms with van der Waals surface area (Å²) in [6.07, 6.45) is 0. The van der Waals surface area contributed by atoms with E-state index in [0.29, 0.717) is 16.5 Å². The van der Waals surface area contributed by atoms with Crippen LogP contribution in [0.15, 0.2) is 12.1 Å². The van der Waals surface area contributed by atoms with E-state index in [1.165, 1.54) is 6.07 Å². The second-order valence-corrected chi connectivity index (χ2v) is 4.16. The highest BCUT2D eigenvalue weighted by molar-refractivity contribution is 7.18. The van der Waals surface area contributed by atoms with Crippen LogP contribution in [-0.4, -0.2) is 19.7 Å². The van der Waals surface area contributed by atoms with Crippen molar-refractivity contribution in [2.45, 2.75) is 6.54 Å². The van der Waals surface area contributed by atoms with Crippen LogP contribution in [0.5, 0.6) is 0 Å². The number of nitrogens with two attached hydrogens (primary N) is 1. The van der Waals surface area contributed by atoms with Crippen molar-refractivity contribution in [1.82, 2.24) is 14.8 Å². The Kier molecular flexibility index (Phi) is 2.67. The lowest BCUT2D eigenvalue weighted by Crippen LogP contribution is -2.05. The summed E-state index contributed by atoms with van der Waals surface area (Å²) in [6, 6.07) is 3.11. The zero-order chi connectivity index (χ0) is 11.7. The van der Waals surface area contributed by atoms with E-state index in [0.717, 1.165) is 11.3 Å². The van der Waals surface area contributed by atoms with Gasteiger partial charge in [0.05, 0.1) is 16.3 Å². The van der Waals surface area contributed by atoms with Crippen LogP contribution in [0.3, 0.4) is 0 Å². The minimum Gasteiger partial charge on any atom is -0.324 e. The summed E-state index contributed by atoms with van der Waals surface area (Å²) in [7, 11) is 1.78. The summed E-state index contributed by atoms with van der Waals surface area (Å²) in [5, 5.41) is 18.5. The Labute approximate surface area is 94.7 Å². The Morgan fingerprint density at radius 3 is 2.81 bits per heavy atom. The van der Waals surface area contributed by atoms with Crippen LogP contribution < -0.4 is 5.73 Å². The van der Waals surface area contributed by atoms with Gasteiger partial charge in [-0.2, -0.15) is 0 Å². The van der Waals surface area contributed by atoms with Crippen LogP contribution in [0, 0.1) is 10.1 Å². The molecule has 0 fully saturated rings. The first-order valence-electron chi connectivity index (χ1n) is 4.46. The molecule has 0 radical (unpaired) electrons. The maximum absolute atomic E-state index is 10.5. The first-order valence-corrected chi connectivity index (χ1v) is 5.28. The average molecular weight is 239 g/mol. The fraction of sp³-hybridized carbons (Fsp3) is 0.250. The van der Waals surface area contributed by atoms with Gasteiger partial charge in [-0.25, -0.2) is 0 Å². The van der Waals surface area contributed by atoms with Gasteiger partial charge in [0.2, 0.25) is 0 Å². The Morgan fingerprint density at radius 2 is 2.31 bits per heavy atom. The number of hydrogen-bond donors (Lipinski definition) is 1. The molecule has 0 aliphatic carbocycles. The van der Waals surface area contributed by atoms with Gasteiger partial charge in [0.25, 0.3) is 0 Å². The predicted octanol–water partition coefficient (Wildman–Crippen LogP) is 0.911. The summed E-state index contributed by atoms with van der Waals surface area (Å²) in [5.74, 6) is 1.24. The third-order valence-corrected chi connectivity index (χ3v) is 3.17. The van der Waals surface area contributed by atoms with Gasteiger partial charge in [-0.15, -0.1) is 10.2 Å². The fourth-order valence-electron chi connectivity index (χ4n) is 1.30. The molecule has 0 aliphatic heterocycles. The Hall–Kier alpha value is -1.80. The quantitative estimate of drug-likeness (QED) is 0.633. The second-order valence-electron chi connectivity index (χ2n) is 3.10. The molecule has 2 heterocycles. The number of thiophene rings is 1. The molecule has 84 valence electrons. The molecule has 2 N–H and O–H groups in total. The molecule has 8 heteroatoms. The molecular weight excluding hydrogens is 230 g/mol. The van der Waals surface area contributed by atoms with Crippen LogP contribution >= 0.6 is 11.3 Å². The summed E-state index contributed by atoms with van der Waals surface area (Å²) >= 11 is 1.07. The maximum atomic E-state index is 10.5. The van der Waals surface area contributed by atoms with E-state index in [2.05, 4.69) is 10.2 Å². The molecule has 0 aliphatic rings. The van der Waals surface area contributed by atoms with Gasteiger partial charge in [0, 0.05) is 13.1 Å². The Bertz CT molecular complexity index is 532. The van der Waals surface area contributed by atoms with E-state index in [-0.39, 0.29) is 11.5 Å². The average Bonchev–Trinajstić information content (AvgIpc) is 2.83. The first kappa shape index (κ1) is 10.7. The van der Waals surface area contributed by atoms with Gasteiger partial charge in [0.1, 0.15) is 5.82 Å². The largest absolute Gasteiger partial charge is 0.324 e. The summed E-state index contributed by atoms with van der Waals surface area (Å²) < 4.78 is 1.73. The SMILES string of the molecule is Cn1c(CN)nnc1-c1ccc([N+](=O)[O-])s1. The minimum absolute atomic E-state index is 0.0901. The third kappa shape index (κ3) is 1.68. The molecule has 0 spiro atoms.